The van der Waals surface area contributed by atoms with Crippen molar-refractivity contribution in [2.75, 3.05) is 53.5 Å². The van der Waals surface area contributed by atoms with Crippen molar-refractivity contribution in [1.29, 1.82) is 0 Å². The van der Waals surface area contributed by atoms with Gasteiger partial charge in [-0.15, -0.1) is 12.4 Å². The maximum Gasteiger partial charge on any atom is 0.326 e. The van der Waals surface area contributed by atoms with Crippen molar-refractivity contribution in [3.8, 4) is 11.5 Å². The Morgan fingerprint density at radius 3 is 1.56 bits per heavy atom. The maximum atomic E-state index is 12.4. The molecule has 4 aromatic carbocycles. The molecule has 0 aliphatic carbocycles. The van der Waals surface area contributed by atoms with Gasteiger partial charge in [0, 0.05) is 43.2 Å². The number of rotatable bonds is 14. The van der Waals surface area contributed by atoms with E-state index in [1.54, 1.807) is 19.1 Å². The zero-order valence-corrected chi connectivity index (χ0v) is 39.2. The van der Waals surface area contributed by atoms with Gasteiger partial charge in [0.15, 0.2) is 0 Å². The van der Waals surface area contributed by atoms with Gasteiger partial charge in [-0.25, -0.2) is 0 Å². The summed E-state index contributed by atoms with van der Waals surface area (Å²) in [7, 11) is 3.33. The fraction of sp³-hybridized carbons (Fsp3) is 0.364. The second-order valence-corrected chi connectivity index (χ2v) is 17.3. The fourth-order valence-corrected chi connectivity index (χ4v) is 8.28. The molecule has 0 atom stereocenters. The minimum atomic E-state index is -0.868. The molecule has 0 unspecified atom stereocenters. The van der Waals surface area contributed by atoms with Crippen LogP contribution >= 0.6 is 67.5 Å². The van der Waals surface area contributed by atoms with Crippen LogP contribution in [0.1, 0.15) is 54.2 Å². The summed E-state index contributed by atoms with van der Waals surface area (Å²) in [4.78, 5) is 36.5. The standard InChI is InChI=1S/C24H28BrClN2O3.C20H20BrClN2O3.ClH/c1-24(2,3)31-22(29)15-28-13-12-27-23(28)19-6-5-7-20(26)18(19)10-8-16-14-17(25)9-11-21(16)30-4;1-27-18-8-6-14(21)11-13(18)5-7-15-16(3-2-4-17(15)22)20-23-9-10-24(20)12-19(25)26;/h5-7,9,11,14H,8,10,12-13,15H2,1-4H3;2-4,6,8,11H,5,7,9-10,12H2,1H3,(H,25,26);1H. The van der Waals surface area contributed by atoms with E-state index in [0.29, 0.717) is 48.5 Å². The number of benzene rings is 4. The number of aliphatic imine (C=N–C) groups is 2. The molecule has 316 valence electrons. The molecule has 0 amide bonds. The van der Waals surface area contributed by atoms with Crippen LogP contribution < -0.4 is 9.47 Å². The first kappa shape index (κ1) is 47.9. The van der Waals surface area contributed by atoms with Crippen molar-refractivity contribution in [1.82, 2.24) is 9.80 Å². The van der Waals surface area contributed by atoms with Crippen LogP contribution in [0.4, 0.5) is 0 Å². The van der Waals surface area contributed by atoms with Gasteiger partial charge in [0.1, 0.15) is 41.9 Å². The minimum Gasteiger partial charge on any atom is -0.496 e. The summed E-state index contributed by atoms with van der Waals surface area (Å²) in [6, 6.07) is 23.4. The summed E-state index contributed by atoms with van der Waals surface area (Å²) in [5.74, 6) is 2.05. The molecule has 0 saturated carbocycles. The normalized spacial score (nSPS) is 13.5. The van der Waals surface area contributed by atoms with E-state index in [9.17, 15) is 9.59 Å². The molecule has 2 aliphatic rings. The number of esters is 1. The van der Waals surface area contributed by atoms with Gasteiger partial charge in [0.05, 0.1) is 27.3 Å². The van der Waals surface area contributed by atoms with Crippen molar-refractivity contribution in [3.63, 3.8) is 0 Å². The molecule has 10 nitrogen and oxygen atoms in total. The Labute approximate surface area is 379 Å². The molecule has 2 heterocycles. The highest BCUT2D eigenvalue weighted by Crippen LogP contribution is 2.31. The van der Waals surface area contributed by atoms with Crippen LogP contribution in [0.2, 0.25) is 10.0 Å². The number of carboxylic acids is 1. The lowest BCUT2D eigenvalue weighted by Gasteiger charge is -2.25. The van der Waals surface area contributed by atoms with E-state index < -0.39 is 11.6 Å². The van der Waals surface area contributed by atoms with E-state index >= 15 is 0 Å². The molecular weight excluding hydrogens is 947 g/mol. The van der Waals surface area contributed by atoms with Crippen molar-refractivity contribution in [3.05, 3.63) is 125 Å². The molecule has 2 aliphatic heterocycles. The highest BCUT2D eigenvalue weighted by molar-refractivity contribution is 9.10. The third-order valence-electron chi connectivity index (χ3n) is 9.42. The number of ether oxygens (including phenoxy) is 3. The van der Waals surface area contributed by atoms with E-state index in [0.717, 1.165) is 78.9 Å². The highest BCUT2D eigenvalue weighted by Gasteiger charge is 2.27. The van der Waals surface area contributed by atoms with Crippen LogP contribution in [0.3, 0.4) is 0 Å². The van der Waals surface area contributed by atoms with Crippen LogP contribution in [0.15, 0.2) is 91.7 Å². The molecule has 0 aromatic heterocycles. The molecule has 4 aromatic rings. The summed E-state index contributed by atoms with van der Waals surface area (Å²) in [6.45, 7) is 8.23. The van der Waals surface area contributed by atoms with Crippen molar-refractivity contribution < 1.29 is 28.9 Å². The zero-order chi connectivity index (χ0) is 42.0. The Hall–Kier alpha value is -3.81. The molecule has 0 fully saturated rings. The highest BCUT2D eigenvalue weighted by atomic mass is 79.9. The number of carboxylic acid groups (broad SMARTS) is 1. The van der Waals surface area contributed by atoms with E-state index in [1.807, 2.05) is 92.4 Å². The predicted molar refractivity (Wildman–Crippen MR) is 246 cm³/mol. The van der Waals surface area contributed by atoms with Crippen LogP contribution in [0, 0.1) is 0 Å². The Morgan fingerprint density at radius 1 is 0.712 bits per heavy atom. The number of aliphatic carboxylic acids is 1. The topological polar surface area (TPSA) is 113 Å². The van der Waals surface area contributed by atoms with E-state index in [1.165, 1.54) is 0 Å². The van der Waals surface area contributed by atoms with Gasteiger partial charge in [-0.3, -0.25) is 19.6 Å². The second-order valence-electron chi connectivity index (χ2n) is 14.7. The van der Waals surface area contributed by atoms with Crippen molar-refractivity contribution in [2.45, 2.75) is 52.1 Å². The Balaban J connectivity index is 0.000000259. The summed E-state index contributed by atoms with van der Waals surface area (Å²) in [6.07, 6.45) is 2.92. The van der Waals surface area contributed by atoms with Crippen molar-refractivity contribution >= 4 is 91.1 Å². The van der Waals surface area contributed by atoms with Gasteiger partial charge in [-0.05, 0) is 117 Å². The summed E-state index contributed by atoms with van der Waals surface area (Å²) in [5, 5.41) is 10.5. The monoisotopic (exact) mass is 992 g/mol. The SMILES string of the molecule is COc1ccc(Br)cc1CCc1c(Cl)cccc1C1=NCCN1CC(=O)O.COc1ccc(Br)cc1CCc1c(Cl)cccc1C1=NCCN1CC(=O)OC(C)(C)C.Cl. The van der Waals surface area contributed by atoms with E-state index in [2.05, 4.69) is 47.9 Å². The summed E-state index contributed by atoms with van der Waals surface area (Å²) in [5.41, 5.74) is 5.50. The average molecular weight is 996 g/mol. The van der Waals surface area contributed by atoms with Gasteiger partial charge in [0.2, 0.25) is 0 Å². The minimum absolute atomic E-state index is 0. The number of aryl methyl sites for hydroxylation is 2. The quantitative estimate of drug-likeness (QED) is 0.124. The fourth-order valence-electron chi connectivity index (χ4n) is 6.93. The Morgan fingerprint density at radius 2 is 1.15 bits per heavy atom. The molecule has 6 rings (SSSR count). The third-order valence-corrected chi connectivity index (χ3v) is 11.1. The number of carbonyl (C=O) groups excluding carboxylic acids is 1. The molecule has 15 heteroatoms. The molecule has 0 bridgehead atoms. The maximum absolute atomic E-state index is 12.4. The molecule has 0 radical (unpaired) electrons. The molecule has 59 heavy (non-hydrogen) atoms. The van der Waals surface area contributed by atoms with Gasteiger partial charge < -0.3 is 29.1 Å². The summed E-state index contributed by atoms with van der Waals surface area (Å²) < 4.78 is 18.5. The molecule has 1 N–H and O–H groups in total. The van der Waals surface area contributed by atoms with E-state index in [4.69, 9.17) is 42.5 Å². The largest absolute Gasteiger partial charge is 0.496 e. The smallest absolute Gasteiger partial charge is 0.326 e. The van der Waals surface area contributed by atoms with Crippen molar-refractivity contribution in [2.24, 2.45) is 9.98 Å². The second kappa shape index (κ2) is 22.2. The summed E-state index contributed by atoms with van der Waals surface area (Å²) >= 11 is 20.2. The lowest BCUT2D eigenvalue weighted by Crippen LogP contribution is -2.37. The number of halogens is 5. The number of amidine groups is 2. The number of hydrogen-bond acceptors (Lipinski definition) is 9. The number of methoxy groups -OCH3 is 2. The van der Waals surface area contributed by atoms with Crippen LogP contribution in [0.5, 0.6) is 11.5 Å². The molecule has 0 saturated heterocycles. The predicted octanol–water partition coefficient (Wildman–Crippen LogP) is 9.77. The molecular formula is C44H49Br2Cl3N4O6. The van der Waals surface area contributed by atoms with E-state index in [-0.39, 0.29) is 31.5 Å². The number of hydrogen-bond donors (Lipinski definition) is 1. The van der Waals surface area contributed by atoms with Gasteiger partial charge in [0.25, 0.3) is 0 Å². The first-order valence-electron chi connectivity index (χ1n) is 18.9. The van der Waals surface area contributed by atoms with Crippen LogP contribution in [-0.4, -0.2) is 97.6 Å². The van der Waals surface area contributed by atoms with Gasteiger partial charge >= 0.3 is 11.9 Å². The van der Waals surface area contributed by atoms with Crippen LogP contribution in [0.25, 0.3) is 0 Å². The molecule has 0 spiro atoms. The zero-order valence-electron chi connectivity index (χ0n) is 33.7. The third kappa shape index (κ3) is 13.3. The van der Waals surface area contributed by atoms with Gasteiger partial charge in [-0.1, -0.05) is 79.3 Å². The lowest BCUT2D eigenvalue weighted by molar-refractivity contribution is -0.155. The number of carbonyl (C=O) groups is 2. The lowest BCUT2D eigenvalue weighted by atomic mass is 9.98. The Kier molecular flexibility index (Phi) is 18.0. The first-order chi connectivity index (χ1) is 27.7. The Bertz CT molecular complexity index is 2180. The van der Waals surface area contributed by atoms with Gasteiger partial charge in [-0.2, -0.15) is 0 Å². The van der Waals surface area contributed by atoms with Crippen LogP contribution in [-0.2, 0) is 40.0 Å². The first-order valence-corrected chi connectivity index (χ1v) is 21.2. The average Bonchev–Trinajstić information content (AvgIpc) is 3.82. The number of nitrogens with zero attached hydrogens (tertiary/aromatic N) is 4.